The van der Waals surface area contributed by atoms with Crippen LogP contribution < -0.4 is 0 Å². The van der Waals surface area contributed by atoms with E-state index in [-0.39, 0.29) is 19.3 Å². The van der Waals surface area contributed by atoms with Crippen LogP contribution in [0.3, 0.4) is 0 Å². The summed E-state index contributed by atoms with van der Waals surface area (Å²) in [6, 6.07) is 0. The number of hydrogen-bond donors (Lipinski definition) is 4. The highest BCUT2D eigenvalue weighted by Crippen LogP contribution is 2.45. The van der Waals surface area contributed by atoms with Crippen molar-refractivity contribution in [3.8, 4) is 0 Å². The Bertz CT molecular complexity index is 2500. The van der Waals surface area contributed by atoms with Gasteiger partial charge < -0.3 is 34.2 Å². The topological polar surface area (TPSA) is 231 Å². The molecule has 0 aromatic heterocycles. The Hall–Kier alpha value is -4.83. The summed E-state index contributed by atoms with van der Waals surface area (Å²) < 4.78 is 61.1. The molecule has 0 fully saturated rings. The van der Waals surface area contributed by atoms with Gasteiger partial charge in [-0.3, -0.25) is 32.5 Å². The van der Waals surface area contributed by atoms with Crippen molar-refractivity contribution in [3.05, 3.63) is 158 Å². The Kier molecular flexibility index (Phi) is 73.2. The van der Waals surface area contributed by atoms with Crippen LogP contribution in [0.15, 0.2) is 158 Å². The number of hydrogen-bond acceptors (Lipinski definition) is 14. The van der Waals surface area contributed by atoms with Gasteiger partial charge in [-0.1, -0.05) is 288 Å². The van der Waals surface area contributed by atoms with Gasteiger partial charge in [-0.15, -0.1) is 0 Å². The molecule has 0 aliphatic carbocycles. The highest BCUT2D eigenvalue weighted by molar-refractivity contribution is 7.47. The Labute approximate surface area is 625 Å². The smallest absolute Gasteiger partial charge is 0.463 e. The number of aliphatic hydroxyl groups excluding tert-OH is 2. The fourth-order valence-corrected chi connectivity index (χ4v) is 11.7. The number of aliphatic hydroxyl groups is 2. The average Bonchev–Trinajstić information content (AvgIpc) is 0.939. The van der Waals surface area contributed by atoms with Gasteiger partial charge in [0.15, 0.2) is 6.10 Å². The Morgan fingerprint density at radius 3 is 0.825 bits per heavy atom. The monoisotopic (exact) mass is 1480 g/mol. The zero-order chi connectivity index (χ0) is 75.2. The van der Waals surface area contributed by atoms with Crippen molar-refractivity contribution in [2.24, 2.45) is 0 Å². The molecule has 0 bridgehead atoms. The second-order valence-corrected chi connectivity index (χ2v) is 29.0. The van der Waals surface area contributed by atoms with Gasteiger partial charge >= 0.3 is 33.6 Å². The summed E-state index contributed by atoms with van der Waals surface area (Å²) in [5, 5.41) is 20.6. The minimum atomic E-state index is -4.95. The molecule has 588 valence electrons. The lowest BCUT2D eigenvalue weighted by atomic mass is 10.0. The van der Waals surface area contributed by atoms with E-state index in [9.17, 15) is 43.5 Å². The summed E-state index contributed by atoms with van der Waals surface area (Å²) in [6.45, 7) is 2.44. The number of ether oxygens (including phenoxy) is 3. The molecule has 0 radical (unpaired) electrons. The molecule has 103 heavy (non-hydrogen) atoms. The van der Waals surface area contributed by atoms with Crippen molar-refractivity contribution in [2.45, 2.75) is 322 Å². The molecule has 5 unspecified atom stereocenters. The van der Waals surface area contributed by atoms with E-state index in [0.717, 1.165) is 148 Å². The van der Waals surface area contributed by atoms with Crippen LogP contribution in [0.5, 0.6) is 0 Å². The molecule has 4 N–H and O–H groups in total. The molecule has 0 rings (SSSR count). The van der Waals surface area contributed by atoms with Gasteiger partial charge in [-0.2, -0.15) is 0 Å². The summed E-state index contributed by atoms with van der Waals surface area (Å²) in [4.78, 5) is 58.7. The van der Waals surface area contributed by atoms with Crippen LogP contribution in [-0.4, -0.2) is 95.9 Å². The highest BCUT2D eigenvalue weighted by atomic mass is 31.2. The van der Waals surface area contributed by atoms with E-state index in [1.165, 1.54) is 96.3 Å². The van der Waals surface area contributed by atoms with Crippen LogP contribution in [0, 0.1) is 0 Å². The number of unbranched alkanes of at least 4 members (excludes halogenated alkanes) is 25. The second-order valence-electron chi connectivity index (χ2n) is 26.1. The summed E-state index contributed by atoms with van der Waals surface area (Å²) in [5.41, 5.74) is 0. The van der Waals surface area contributed by atoms with Gasteiger partial charge in [-0.05, 0) is 154 Å². The van der Waals surface area contributed by atoms with E-state index < -0.39 is 91.5 Å². The maximum atomic E-state index is 13.0. The normalized spacial score (nSPS) is 14.8. The molecule has 0 aliphatic rings. The van der Waals surface area contributed by atoms with Crippen molar-refractivity contribution < 1.29 is 75.8 Å². The third-order valence-electron chi connectivity index (χ3n) is 16.2. The fraction of sp³-hybridized carbons (Fsp3) is 0.659. The number of esters is 3. The Balaban J connectivity index is 4.68. The molecule has 0 saturated carbocycles. The van der Waals surface area contributed by atoms with E-state index in [2.05, 4.69) is 179 Å². The number of carbonyl (C=O) groups is 3. The quantitative estimate of drug-likeness (QED) is 0.0146. The van der Waals surface area contributed by atoms with E-state index >= 15 is 0 Å². The van der Waals surface area contributed by atoms with Gasteiger partial charge in [0.1, 0.15) is 25.4 Å². The van der Waals surface area contributed by atoms with Gasteiger partial charge in [0.05, 0.1) is 26.4 Å². The standard InChI is InChI=1S/C85H142O16P2/c1-4-7-10-13-16-19-22-25-28-31-34-36-37-38-39-40-41-43-46-47-50-53-56-59-62-65-68-71-83(88)95-74-80(86)75-97-102(91,92)98-76-81(87)77-99-103(93,94)100-79-82(101-85(90)73-70-67-64-61-58-55-52-49-44-33-30-27-24-21-18-15-12-9-6-3)78-96-84(89)72-69-66-63-60-57-54-51-48-45-42-35-32-29-26-23-20-17-14-11-8-5-2/h9,12,16-21,25-30,34-36,38-39,42,44,48-49,51,55,58,80-82,86-87H,4-8,10-11,13-15,22-24,31-33,37,40-41,43,45-47,50,52-54,56-57,59-79H2,1-3H3,(H,91,92)(H,93,94)/b12-9-,19-16-,20-17-,21-18-,28-25-,29-26-,30-27-,36-34-,39-38-,42-35-,49-44-,51-48-,58-55-. The predicted octanol–water partition coefficient (Wildman–Crippen LogP) is 23.4. The highest BCUT2D eigenvalue weighted by Gasteiger charge is 2.29. The Morgan fingerprint density at radius 1 is 0.282 bits per heavy atom. The van der Waals surface area contributed by atoms with Crippen molar-refractivity contribution in [2.75, 3.05) is 39.6 Å². The number of phosphoric acid groups is 2. The first-order valence-electron chi connectivity index (χ1n) is 39.8. The van der Waals surface area contributed by atoms with Crippen molar-refractivity contribution in [1.82, 2.24) is 0 Å². The first-order chi connectivity index (χ1) is 50.2. The molecule has 18 heteroatoms. The third-order valence-corrected chi connectivity index (χ3v) is 18.1. The predicted molar refractivity (Wildman–Crippen MR) is 426 cm³/mol. The molecule has 0 spiro atoms. The number of phosphoric ester groups is 2. The van der Waals surface area contributed by atoms with E-state index in [1.54, 1.807) is 0 Å². The van der Waals surface area contributed by atoms with Crippen LogP contribution in [-0.2, 0) is 55.8 Å². The van der Waals surface area contributed by atoms with E-state index in [0.29, 0.717) is 19.3 Å². The van der Waals surface area contributed by atoms with Crippen LogP contribution in [0.4, 0.5) is 0 Å². The first-order valence-corrected chi connectivity index (χ1v) is 42.8. The molecular formula is C85H142O16P2. The first kappa shape index (κ1) is 98.2. The maximum absolute atomic E-state index is 13.0. The van der Waals surface area contributed by atoms with Crippen molar-refractivity contribution >= 4 is 33.6 Å². The minimum Gasteiger partial charge on any atom is -0.463 e. The van der Waals surface area contributed by atoms with Crippen LogP contribution in [0.1, 0.15) is 303 Å². The third kappa shape index (κ3) is 78.1. The van der Waals surface area contributed by atoms with Gasteiger partial charge in [0.25, 0.3) is 0 Å². The molecule has 0 saturated heterocycles. The Morgan fingerprint density at radius 2 is 0.515 bits per heavy atom. The van der Waals surface area contributed by atoms with E-state index in [4.69, 9.17) is 32.3 Å². The summed E-state index contributed by atoms with van der Waals surface area (Å²) in [5.74, 6) is -1.64. The summed E-state index contributed by atoms with van der Waals surface area (Å²) >= 11 is 0. The van der Waals surface area contributed by atoms with Gasteiger partial charge in [0.2, 0.25) is 0 Å². The maximum Gasteiger partial charge on any atom is 0.472 e. The van der Waals surface area contributed by atoms with Crippen LogP contribution >= 0.6 is 15.6 Å². The molecule has 0 aliphatic heterocycles. The van der Waals surface area contributed by atoms with Crippen LogP contribution in [0.25, 0.3) is 0 Å². The largest absolute Gasteiger partial charge is 0.472 e. The van der Waals surface area contributed by atoms with Gasteiger partial charge in [-0.25, -0.2) is 9.13 Å². The van der Waals surface area contributed by atoms with E-state index in [1.807, 2.05) is 0 Å². The lowest BCUT2D eigenvalue weighted by Gasteiger charge is -2.21. The molecule has 0 aromatic carbocycles. The molecule has 0 aromatic rings. The summed E-state index contributed by atoms with van der Waals surface area (Å²) in [7, 11) is -9.82. The molecule has 0 heterocycles. The molecule has 5 atom stereocenters. The number of allylic oxidation sites excluding steroid dienone is 26. The van der Waals surface area contributed by atoms with Crippen LogP contribution in [0.2, 0.25) is 0 Å². The minimum absolute atomic E-state index is 0.0553. The number of carbonyl (C=O) groups excluding carboxylic acids is 3. The SMILES string of the molecule is CC/C=C\C/C=C\C/C=C\C/C=C\C/C=C\CCCCCC(=O)OC(COC(=O)CCCCCCC/C=C\C/C=C\C/C=C\C/C=C\CCCCC)COP(=O)(O)OCC(O)COP(=O)(O)OCC(O)COC(=O)CCCCCCCCCCCCC/C=C\C/C=C\C/C=C\C/C=C\CCCCC. The van der Waals surface area contributed by atoms with Crippen molar-refractivity contribution in [3.63, 3.8) is 0 Å². The van der Waals surface area contributed by atoms with Crippen molar-refractivity contribution in [1.29, 1.82) is 0 Å². The zero-order valence-electron chi connectivity index (χ0n) is 64.2. The lowest BCUT2D eigenvalue weighted by molar-refractivity contribution is -0.161. The molecular weight excluding hydrogens is 1340 g/mol. The van der Waals surface area contributed by atoms with Gasteiger partial charge in [0, 0.05) is 19.3 Å². The number of rotatable bonds is 74. The average molecular weight is 1480 g/mol. The fourth-order valence-electron chi connectivity index (χ4n) is 10.2. The second kappa shape index (κ2) is 76.8. The lowest BCUT2D eigenvalue weighted by Crippen LogP contribution is -2.30. The zero-order valence-corrected chi connectivity index (χ0v) is 66.0. The molecule has 0 amide bonds. The summed E-state index contributed by atoms with van der Waals surface area (Å²) in [6.07, 6.45) is 95.7. The molecule has 16 nitrogen and oxygen atoms in total.